The van der Waals surface area contributed by atoms with Crippen LogP contribution < -0.4 is 10.9 Å². The zero-order chi connectivity index (χ0) is 33.6. The molecule has 7 rings (SSSR count). The highest BCUT2D eigenvalue weighted by molar-refractivity contribution is 5.94. The number of nitrogens with zero attached hydrogens (tertiary/aromatic N) is 6. The molecule has 0 bridgehead atoms. The third kappa shape index (κ3) is 5.69. The van der Waals surface area contributed by atoms with Crippen LogP contribution in [-0.4, -0.2) is 66.4 Å². The Morgan fingerprint density at radius 3 is 2.60 bits per heavy atom. The molecule has 0 aliphatic carbocycles. The van der Waals surface area contributed by atoms with Crippen molar-refractivity contribution in [1.29, 1.82) is 0 Å². The first kappa shape index (κ1) is 31.2. The number of hydrogen-bond acceptors (Lipinski definition) is 8. The molecule has 1 fully saturated rings. The molecule has 11 nitrogen and oxygen atoms in total. The van der Waals surface area contributed by atoms with Crippen molar-refractivity contribution in [3.8, 4) is 16.8 Å². The van der Waals surface area contributed by atoms with Gasteiger partial charge in [-0.3, -0.25) is 9.59 Å². The summed E-state index contributed by atoms with van der Waals surface area (Å²) in [6.07, 6.45) is 8.36. The Morgan fingerprint density at radius 2 is 1.88 bits per heavy atom. The number of imidazole rings is 1. The quantitative estimate of drug-likeness (QED) is 0.251. The van der Waals surface area contributed by atoms with E-state index in [9.17, 15) is 14.7 Å². The number of rotatable bonds is 6. The maximum Gasteiger partial charge on any atom is 0.282 e. The average Bonchev–Trinajstić information content (AvgIpc) is 3.57. The number of ether oxygens (including phenoxy) is 1. The number of amides is 1. The van der Waals surface area contributed by atoms with E-state index in [-0.39, 0.29) is 16.7 Å². The van der Waals surface area contributed by atoms with E-state index in [2.05, 4.69) is 20.4 Å². The number of carbonyl (C=O) groups excluding carboxylic acids is 1. The maximum atomic E-state index is 15.4. The zero-order valence-corrected chi connectivity index (χ0v) is 26.8. The van der Waals surface area contributed by atoms with Crippen molar-refractivity contribution in [1.82, 2.24) is 29.0 Å². The summed E-state index contributed by atoms with van der Waals surface area (Å²) in [5.74, 6) is -0.201. The number of nitrogens with one attached hydrogen (secondary N) is 1. The monoisotopic (exact) mass is 647 g/mol. The van der Waals surface area contributed by atoms with Crippen LogP contribution in [-0.2, 0) is 16.8 Å². The maximum absolute atomic E-state index is 15.4. The normalized spacial score (nSPS) is 13.7. The van der Waals surface area contributed by atoms with Gasteiger partial charge >= 0.3 is 0 Å². The van der Waals surface area contributed by atoms with Crippen LogP contribution >= 0.6 is 0 Å². The van der Waals surface area contributed by atoms with Crippen molar-refractivity contribution in [2.75, 3.05) is 31.6 Å². The number of aliphatic hydroxyl groups excluding tert-OH is 1. The van der Waals surface area contributed by atoms with E-state index < -0.39 is 18.0 Å². The number of morpholine rings is 1. The fraction of sp³-hybridized carbons (Fsp3) is 0.250. The summed E-state index contributed by atoms with van der Waals surface area (Å²) in [6, 6.07) is 13.8. The second kappa shape index (κ2) is 12.3. The van der Waals surface area contributed by atoms with Crippen LogP contribution in [0.1, 0.15) is 42.3 Å². The number of anilines is 2. The van der Waals surface area contributed by atoms with Gasteiger partial charge in [0.2, 0.25) is 0 Å². The molecule has 5 heterocycles. The molecule has 1 aliphatic rings. The highest BCUT2D eigenvalue weighted by atomic mass is 19.1. The first-order valence-electron chi connectivity index (χ1n) is 15.6. The highest BCUT2D eigenvalue weighted by Gasteiger charge is 2.22. The number of halogens is 1. The summed E-state index contributed by atoms with van der Waals surface area (Å²) >= 11 is 0. The second-order valence-corrected chi connectivity index (χ2v) is 12.8. The Balaban J connectivity index is 1.26. The van der Waals surface area contributed by atoms with Gasteiger partial charge in [-0.15, -0.1) is 0 Å². The summed E-state index contributed by atoms with van der Waals surface area (Å²) in [5.41, 5.74) is 3.71. The van der Waals surface area contributed by atoms with Crippen LogP contribution in [0.5, 0.6) is 0 Å². The fourth-order valence-corrected chi connectivity index (χ4v) is 6.00. The Morgan fingerprint density at radius 1 is 1.06 bits per heavy atom. The van der Waals surface area contributed by atoms with Crippen molar-refractivity contribution in [3.05, 3.63) is 112 Å². The molecule has 1 saturated heterocycles. The van der Waals surface area contributed by atoms with E-state index in [1.54, 1.807) is 53.8 Å². The lowest BCUT2D eigenvalue weighted by atomic mass is 9.86. The summed E-state index contributed by atoms with van der Waals surface area (Å²) < 4.78 is 23.7. The predicted octanol–water partition coefficient (Wildman–Crippen LogP) is 5.24. The van der Waals surface area contributed by atoms with Gasteiger partial charge in [0.25, 0.3) is 11.5 Å². The van der Waals surface area contributed by atoms with Gasteiger partial charge in [0.15, 0.2) is 5.65 Å². The minimum absolute atomic E-state index is 0.0659. The molecule has 12 heteroatoms. The summed E-state index contributed by atoms with van der Waals surface area (Å²) in [7, 11) is 0. The van der Waals surface area contributed by atoms with Crippen molar-refractivity contribution in [2.45, 2.75) is 32.8 Å². The van der Waals surface area contributed by atoms with Crippen molar-refractivity contribution < 1.29 is 19.0 Å². The molecular formula is C36H34FN7O4. The topological polar surface area (TPSA) is 127 Å². The van der Waals surface area contributed by atoms with Crippen LogP contribution in [0.2, 0.25) is 0 Å². The molecule has 48 heavy (non-hydrogen) atoms. The largest absolute Gasteiger partial charge is 0.392 e. The molecular weight excluding hydrogens is 613 g/mol. The third-order valence-corrected chi connectivity index (χ3v) is 8.61. The summed E-state index contributed by atoms with van der Waals surface area (Å²) in [5, 5.41) is 18.7. The minimum Gasteiger partial charge on any atom is -0.392 e. The van der Waals surface area contributed by atoms with Crippen LogP contribution in [0, 0.1) is 5.82 Å². The average molecular weight is 648 g/mol. The van der Waals surface area contributed by atoms with Crippen LogP contribution in [0.3, 0.4) is 0 Å². The molecule has 0 atom stereocenters. The van der Waals surface area contributed by atoms with E-state index in [4.69, 9.17) is 4.74 Å². The smallest absolute Gasteiger partial charge is 0.282 e. The van der Waals surface area contributed by atoms with Gasteiger partial charge in [-0.1, -0.05) is 32.9 Å². The fourth-order valence-electron chi connectivity index (χ4n) is 6.00. The van der Waals surface area contributed by atoms with Gasteiger partial charge in [0.1, 0.15) is 11.6 Å². The van der Waals surface area contributed by atoms with Crippen LogP contribution in [0.15, 0.2) is 84.3 Å². The van der Waals surface area contributed by atoms with E-state index in [1.807, 2.05) is 43.5 Å². The molecule has 0 saturated carbocycles. The second-order valence-electron chi connectivity index (χ2n) is 12.8. The van der Waals surface area contributed by atoms with Gasteiger partial charge in [0.05, 0.1) is 48.3 Å². The van der Waals surface area contributed by atoms with E-state index in [0.29, 0.717) is 76.8 Å². The predicted molar refractivity (Wildman–Crippen MR) is 180 cm³/mol. The molecule has 244 valence electrons. The zero-order valence-electron chi connectivity index (χ0n) is 26.8. The molecule has 1 aliphatic heterocycles. The van der Waals surface area contributed by atoms with Gasteiger partial charge in [0, 0.05) is 54.4 Å². The van der Waals surface area contributed by atoms with Crippen molar-refractivity contribution >= 4 is 33.8 Å². The Hall–Kier alpha value is -5.46. The number of fused-ring (bicyclic) bond motifs is 2. The first-order valence-corrected chi connectivity index (χ1v) is 15.6. The highest BCUT2D eigenvalue weighted by Crippen LogP contribution is 2.33. The molecule has 0 unspecified atom stereocenters. The summed E-state index contributed by atoms with van der Waals surface area (Å²) in [4.78, 5) is 37.3. The Kier molecular flexibility index (Phi) is 7.98. The molecule has 0 radical (unpaired) electrons. The number of aromatic nitrogens is 5. The van der Waals surface area contributed by atoms with Crippen molar-refractivity contribution in [3.63, 3.8) is 0 Å². The Bertz CT molecular complexity index is 2230. The number of aliphatic hydroxyl groups is 1. The number of benzene rings is 2. The molecule has 1 amide bonds. The standard InChI is InChI=1S/C36H34FN7O4/c1-36(2,3)25-15-23-19-40-44(35(47)32(23)28(37)17-25)30-6-4-5-26(27(30)21-45)24-16-29(33-38-9-10-43(33)20-24)41-31-8-7-22(18-39-31)34(46)42-11-13-48-14-12-42/h4-10,15-20,45H,11-14,21H2,1-3H3,(H,39,41). The van der Waals surface area contributed by atoms with Crippen molar-refractivity contribution in [2.24, 2.45) is 0 Å². The number of carbonyl (C=O) groups is 1. The van der Waals surface area contributed by atoms with Gasteiger partial charge in [-0.05, 0) is 52.9 Å². The van der Waals surface area contributed by atoms with Gasteiger partial charge in [-0.2, -0.15) is 9.78 Å². The van der Waals surface area contributed by atoms with E-state index >= 15 is 4.39 Å². The van der Waals surface area contributed by atoms with Crippen LogP contribution in [0.4, 0.5) is 15.9 Å². The van der Waals surface area contributed by atoms with Gasteiger partial charge < -0.3 is 24.5 Å². The molecule has 4 aromatic heterocycles. The molecule has 2 N–H and O–H groups in total. The number of hydrogen-bond donors (Lipinski definition) is 2. The first-order chi connectivity index (χ1) is 23.1. The third-order valence-electron chi connectivity index (χ3n) is 8.61. The van der Waals surface area contributed by atoms with E-state index in [0.717, 1.165) is 10.2 Å². The lowest BCUT2D eigenvalue weighted by Gasteiger charge is -2.26. The molecule has 0 spiro atoms. The lowest BCUT2D eigenvalue weighted by Crippen LogP contribution is -2.40. The lowest BCUT2D eigenvalue weighted by molar-refractivity contribution is 0.0302. The Labute approximate surface area is 275 Å². The SMILES string of the molecule is CC(C)(C)c1cc(F)c2c(=O)n(-c3cccc(-c4cc(Nc5ccc(C(=O)N6CCOCC6)cn5)c5nccn5c4)c3CO)ncc2c1. The summed E-state index contributed by atoms with van der Waals surface area (Å²) in [6.45, 7) is 7.64. The van der Waals surface area contributed by atoms with Gasteiger partial charge in [-0.25, -0.2) is 14.4 Å². The molecule has 6 aromatic rings. The van der Waals surface area contributed by atoms with Crippen LogP contribution in [0.25, 0.3) is 33.2 Å². The van der Waals surface area contributed by atoms with E-state index in [1.165, 1.54) is 12.3 Å². The molecule has 2 aromatic carbocycles. The minimum atomic E-state index is -0.619. The number of pyridine rings is 2.